The molecule has 0 spiro atoms. The molecule has 0 aromatic carbocycles. The van der Waals surface area contributed by atoms with Crippen molar-refractivity contribution in [3.05, 3.63) is 30.7 Å². The molecule has 5 heteroatoms. The summed E-state index contributed by atoms with van der Waals surface area (Å²) in [4.78, 5) is 4.09. The highest BCUT2D eigenvalue weighted by molar-refractivity contribution is 5.85. The summed E-state index contributed by atoms with van der Waals surface area (Å²) in [5.41, 5.74) is 4.31. The van der Waals surface area contributed by atoms with Crippen LogP contribution in [0.4, 0.5) is 5.69 Å². The number of pyridine rings is 1. The minimum absolute atomic E-state index is 0. The first-order chi connectivity index (χ1) is 5.40. The van der Waals surface area contributed by atoms with Crippen LogP contribution in [0.25, 0.3) is 5.65 Å². The third-order valence-corrected chi connectivity index (χ3v) is 1.56. The maximum Gasteiger partial charge on any atom is 0.138 e. The normalized spacial score (nSPS) is 9.42. The van der Waals surface area contributed by atoms with E-state index in [2.05, 4.69) is 10.4 Å². The molecule has 2 aromatic heterocycles. The smallest absolute Gasteiger partial charge is 0.138 e. The minimum Gasteiger partial charge on any atom is -0.324 e. The molecule has 0 radical (unpaired) electrons. The number of imidazole rings is 1. The van der Waals surface area contributed by atoms with Gasteiger partial charge in [0, 0.05) is 24.7 Å². The summed E-state index contributed by atoms with van der Waals surface area (Å²) in [5, 5.41) is 0. The van der Waals surface area contributed by atoms with E-state index in [0.717, 1.165) is 11.3 Å². The fourth-order valence-corrected chi connectivity index (χ4v) is 1.000. The highest BCUT2D eigenvalue weighted by Crippen LogP contribution is 2.08. The zero-order valence-corrected chi connectivity index (χ0v) is 7.08. The van der Waals surface area contributed by atoms with Gasteiger partial charge in [0.05, 0.1) is 5.69 Å². The average Bonchev–Trinajstić information content (AvgIpc) is 2.50. The third kappa shape index (κ3) is 1.34. The molecule has 0 unspecified atom stereocenters. The lowest BCUT2D eigenvalue weighted by Gasteiger charge is -1.98. The molecule has 0 saturated heterocycles. The van der Waals surface area contributed by atoms with Crippen molar-refractivity contribution in [1.29, 1.82) is 0 Å². The van der Waals surface area contributed by atoms with Crippen LogP contribution in [0.15, 0.2) is 30.7 Å². The number of nitrogen functional groups attached to an aromatic ring is 1. The number of hydrogen-bond donors (Lipinski definition) is 2. The van der Waals surface area contributed by atoms with E-state index in [1.54, 1.807) is 6.20 Å². The molecule has 0 amide bonds. The predicted octanol–water partition coefficient (Wildman–Crippen LogP) is 1.04. The third-order valence-electron chi connectivity index (χ3n) is 1.56. The standard InChI is InChI=1S/C7H8N4.ClH/c8-10-6-1-3-11-4-2-9-7(11)5-6;/h1-5,10H,8H2;1H. The number of nitrogens with zero attached hydrogens (tertiary/aromatic N) is 2. The molecular formula is C7H9ClN4. The Labute approximate surface area is 75.8 Å². The molecule has 0 atom stereocenters. The second-order valence-corrected chi connectivity index (χ2v) is 2.25. The van der Waals surface area contributed by atoms with Gasteiger partial charge in [-0.2, -0.15) is 0 Å². The first-order valence-corrected chi connectivity index (χ1v) is 3.29. The van der Waals surface area contributed by atoms with E-state index in [1.807, 2.05) is 28.9 Å². The molecule has 2 aromatic rings. The summed E-state index contributed by atoms with van der Waals surface area (Å²) in [6.07, 6.45) is 5.53. The van der Waals surface area contributed by atoms with E-state index in [4.69, 9.17) is 5.84 Å². The van der Waals surface area contributed by atoms with Crippen LogP contribution in [0.3, 0.4) is 0 Å². The van der Waals surface area contributed by atoms with Gasteiger partial charge < -0.3 is 9.83 Å². The van der Waals surface area contributed by atoms with E-state index in [1.165, 1.54) is 0 Å². The Bertz CT molecular complexity index is 370. The minimum atomic E-state index is 0. The summed E-state index contributed by atoms with van der Waals surface area (Å²) in [7, 11) is 0. The van der Waals surface area contributed by atoms with Gasteiger partial charge in [-0.15, -0.1) is 12.4 Å². The Morgan fingerprint density at radius 3 is 3.00 bits per heavy atom. The van der Waals surface area contributed by atoms with E-state index >= 15 is 0 Å². The number of nitrogens with two attached hydrogens (primary N) is 1. The van der Waals surface area contributed by atoms with Gasteiger partial charge in [-0.25, -0.2) is 4.98 Å². The molecular weight excluding hydrogens is 176 g/mol. The zero-order chi connectivity index (χ0) is 7.68. The second kappa shape index (κ2) is 3.42. The lowest BCUT2D eigenvalue weighted by Crippen LogP contribution is -2.06. The molecule has 12 heavy (non-hydrogen) atoms. The van der Waals surface area contributed by atoms with Crippen LogP contribution >= 0.6 is 12.4 Å². The van der Waals surface area contributed by atoms with Crippen LogP contribution in [0.5, 0.6) is 0 Å². The van der Waals surface area contributed by atoms with Crippen molar-refractivity contribution in [3.8, 4) is 0 Å². The molecule has 2 rings (SSSR count). The van der Waals surface area contributed by atoms with Gasteiger partial charge >= 0.3 is 0 Å². The van der Waals surface area contributed by atoms with Crippen LogP contribution in [0.1, 0.15) is 0 Å². The number of fused-ring (bicyclic) bond motifs is 1. The molecule has 0 bridgehead atoms. The SMILES string of the molecule is Cl.NNc1ccn2ccnc2c1. The van der Waals surface area contributed by atoms with Crippen LogP contribution in [-0.4, -0.2) is 9.38 Å². The molecule has 64 valence electrons. The van der Waals surface area contributed by atoms with Crippen molar-refractivity contribution in [1.82, 2.24) is 9.38 Å². The highest BCUT2D eigenvalue weighted by Gasteiger charge is 1.93. The second-order valence-electron chi connectivity index (χ2n) is 2.25. The number of hydrogen-bond acceptors (Lipinski definition) is 3. The number of halogens is 1. The van der Waals surface area contributed by atoms with Gasteiger partial charge in [0.15, 0.2) is 0 Å². The van der Waals surface area contributed by atoms with Crippen molar-refractivity contribution in [2.75, 3.05) is 5.43 Å². The molecule has 0 fully saturated rings. The highest BCUT2D eigenvalue weighted by atomic mass is 35.5. The Hall–Kier alpha value is -1.26. The van der Waals surface area contributed by atoms with E-state index < -0.39 is 0 Å². The topological polar surface area (TPSA) is 55.3 Å². The van der Waals surface area contributed by atoms with Crippen LogP contribution < -0.4 is 11.3 Å². The van der Waals surface area contributed by atoms with Crippen molar-refractivity contribution in [2.24, 2.45) is 5.84 Å². The van der Waals surface area contributed by atoms with Crippen LogP contribution in [0, 0.1) is 0 Å². The van der Waals surface area contributed by atoms with Gasteiger partial charge in [-0.05, 0) is 6.07 Å². The number of hydrazine groups is 1. The van der Waals surface area contributed by atoms with E-state index in [9.17, 15) is 0 Å². The molecule has 0 aliphatic rings. The molecule has 4 nitrogen and oxygen atoms in total. The predicted molar refractivity (Wildman–Crippen MR) is 50.3 cm³/mol. The Morgan fingerprint density at radius 2 is 2.25 bits per heavy atom. The summed E-state index contributed by atoms with van der Waals surface area (Å²) in [6, 6.07) is 3.76. The van der Waals surface area contributed by atoms with Crippen molar-refractivity contribution >= 4 is 23.7 Å². The Kier molecular flexibility index (Phi) is 2.52. The molecule has 0 saturated carbocycles. The van der Waals surface area contributed by atoms with Gasteiger partial charge in [-0.1, -0.05) is 0 Å². The maximum atomic E-state index is 5.22. The van der Waals surface area contributed by atoms with Crippen molar-refractivity contribution in [3.63, 3.8) is 0 Å². The van der Waals surface area contributed by atoms with Gasteiger partial charge in [0.1, 0.15) is 5.65 Å². The lowest BCUT2D eigenvalue weighted by atomic mass is 10.4. The average molecular weight is 185 g/mol. The fourth-order valence-electron chi connectivity index (χ4n) is 1.000. The number of aromatic nitrogens is 2. The largest absolute Gasteiger partial charge is 0.324 e. The quantitative estimate of drug-likeness (QED) is 0.515. The molecule has 0 aliphatic carbocycles. The molecule has 2 heterocycles. The van der Waals surface area contributed by atoms with E-state index in [0.29, 0.717) is 0 Å². The number of nitrogens with one attached hydrogen (secondary N) is 1. The maximum absolute atomic E-state index is 5.22. The van der Waals surface area contributed by atoms with Crippen LogP contribution in [-0.2, 0) is 0 Å². The molecule has 3 N–H and O–H groups in total. The monoisotopic (exact) mass is 184 g/mol. The van der Waals surface area contributed by atoms with Crippen molar-refractivity contribution in [2.45, 2.75) is 0 Å². The zero-order valence-electron chi connectivity index (χ0n) is 6.27. The first-order valence-electron chi connectivity index (χ1n) is 3.29. The Morgan fingerprint density at radius 1 is 1.42 bits per heavy atom. The summed E-state index contributed by atoms with van der Waals surface area (Å²) >= 11 is 0. The Balaban J connectivity index is 0.000000720. The summed E-state index contributed by atoms with van der Waals surface area (Å²) < 4.78 is 1.92. The summed E-state index contributed by atoms with van der Waals surface area (Å²) in [5.74, 6) is 5.22. The van der Waals surface area contributed by atoms with Crippen molar-refractivity contribution < 1.29 is 0 Å². The first kappa shape index (κ1) is 8.83. The lowest BCUT2D eigenvalue weighted by molar-refractivity contribution is 1.18. The van der Waals surface area contributed by atoms with Gasteiger partial charge in [-0.3, -0.25) is 5.84 Å². The molecule has 0 aliphatic heterocycles. The fraction of sp³-hybridized carbons (Fsp3) is 0. The van der Waals surface area contributed by atoms with E-state index in [-0.39, 0.29) is 12.4 Å². The van der Waals surface area contributed by atoms with Gasteiger partial charge in [0.25, 0.3) is 0 Å². The number of rotatable bonds is 1. The summed E-state index contributed by atoms with van der Waals surface area (Å²) in [6.45, 7) is 0. The van der Waals surface area contributed by atoms with Gasteiger partial charge in [0.2, 0.25) is 0 Å². The number of anilines is 1. The van der Waals surface area contributed by atoms with Crippen LogP contribution in [0.2, 0.25) is 0 Å².